The number of halogens is 2. The first-order chi connectivity index (χ1) is 7.97. The molecule has 1 aromatic rings. The number of aliphatic carboxylic acids is 1. The van der Waals surface area contributed by atoms with Crippen LogP contribution in [-0.4, -0.2) is 23.7 Å². The number of carboxylic acid groups (broad SMARTS) is 1. The van der Waals surface area contributed by atoms with E-state index in [0.29, 0.717) is 22.3 Å². The molecule has 0 aliphatic carbocycles. The Hall–Kier alpha value is -0.930. The van der Waals surface area contributed by atoms with Crippen LogP contribution in [0.25, 0.3) is 0 Å². The van der Waals surface area contributed by atoms with Crippen molar-refractivity contribution in [2.75, 3.05) is 11.4 Å². The van der Waals surface area contributed by atoms with Crippen molar-refractivity contribution >= 4 is 34.9 Å². The van der Waals surface area contributed by atoms with Gasteiger partial charge in [0.2, 0.25) is 0 Å². The summed E-state index contributed by atoms with van der Waals surface area (Å²) in [6, 6.07) is 4.46. The zero-order valence-electron chi connectivity index (χ0n) is 9.78. The normalized spacial score (nSPS) is 12.2. The Bertz CT molecular complexity index is 409. The third kappa shape index (κ3) is 3.51. The van der Waals surface area contributed by atoms with Gasteiger partial charge >= 0.3 is 5.97 Å². The average Bonchev–Trinajstić information content (AvgIpc) is 2.26. The predicted octanol–water partition coefficient (Wildman–Crippen LogP) is 3.68. The number of nitrogens with zero attached hydrogens (tertiary/aromatic N) is 1. The molecule has 0 unspecified atom stereocenters. The fourth-order valence-corrected chi connectivity index (χ4v) is 2.13. The molecule has 0 radical (unpaired) electrons. The lowest BCUT2D eigenvalue weighted by Gasteiger charge is -2.29. The van der Waals surface area contributed by atoms with Gasteiger partial charge in [0.25, 0.3) is 0 Å². The van der Waals surface area contributed by atoms with Crippen LogP contribution >= 0.6 is 23.2 Å². The average molecular weight is 276 g/mol. The quantitative estimate of drug-likeness (QED) is 0.891. The molecule has 0 amide bonds. The molecule has 0 aliphatic rings. The van der Waals surface area contributed by atoms with Crippen molar-refractivity contribution in [1.82, 2.24) is 0 Å². The molecule has 0 aromatic heterocycles. The lowest BCUT2D eigenvalue weighted by atomic mass is 10.2. The molecule has 0 saturated carbocycles. The Balaban J connectivity index is 3.09. The molecular formula is C12H15Cl2NO2. The SMILES string of the molecule is CCCN(c1ccc(Cl)cc1Cl)[C@@H](C)C(=O)O. The van der Waals surface area contributed by atoms with Crippen molar-refractivity contribution in [2.24, 2.45) is 0 Å². The van der Waals surface area contributed by atoms with Crippen molar-refractivity contribution in [1.29, 1.82) is 0 Å². The highest BCUT2D eigenvalue weighted by atomic mass is 35.5. The second kappa shape index (κ2) is 6.12. The highest BCUT2D eigenvalue weighted by Crippen LogP contribution is 2.30. The van der Waals surface area contributed by atoms with E-state index in [2.05, 4.69) is 0 Å². The Kier molecular flexibility index (Phi) is 5.09. The van der Waals surface area contributed by atoms with E-state index in [1.807, 2.05) is 6.92 Å². The number of carbonyl (C=O) groups is 1. The summed E-state index contributed by atoms with van der Waals surface area (Å²) >= 11 is 11.9. The van der Waals surface area contributed by atoms with E-state index in [9.17, 15) is 4.79 Å². The van der Waals surface area contributed by atoms with Gasteiger partial charge in [0.05, 0.1) is 10.7 Å². The van der Waals surface area contributed by atoms with Crippen LogP contribution in [0.3, 0.4) is 0 Å². The summed E-state index contributed by atoms with van der Waals surface area (Å²) in [6.07, 6.45) is 0.844. The van der Waals surface area contributed by atoms with Crippen LogP contribution in [0.15, 0.2) is 18.2 Å². The topological polar surface area (TPSA) is 40.5 Å². The fourth-order valence-electron chi connectivity index (χ4n) is 1.61. The zero-order valence-corrected chi connectivity index (χ0v) is 11.3. The van der Waals surface area contributed by atoms with Crippen LogP contribution in [0.4, 0.5) is 5.69 Å². The molecule has 94 valence electrons. The second-order valence-electron chi connectivity index (χ2n) is 3.80. The largest absolute Gasteiger partial charge is 0.480 e. The van der Waals surface area contributed by atoms with E-state index in [1.165, 1.54) is 0 Å². The van der Waals surface area contributed by atoms with E-state index < -0.39 is 12.0 Å². The smallest absolute Gasteiger partial charge is 0.326 e. The first kappa shape index (κ1) is 14.1. The van der Waals surface area contributed by atoms with Gasteiger partial charge in [0, 0.05) is 11.6 Å². The van der Waals surface area contributed by atoms with Crippen LogP contribution in [0.5, 0.6) is 0 Å². The van der Waals surface area contributed by atoms with Gasteiger partial charge in [0.15, 0.2) is 0 Å². The van der Waals surface area contributed by atoms with Crippen LogP contribution in [0.2, 0.25) is 10.0 Å². The molecular weight excluding hydrogens is 261 g/mol. The summed E-state index contributed by atoms with van der Waals surface area (Å²) in [5.41, 5.74) is 0.702. The number of benzene rings is 1. The standard InChI is InChI=1S/C12H15Cl2NO2/c1-3-6-15(8(2)12(16)17)11-5-4-9(13)7-10(11)14/h4-5,7-8H,3,6H2,1-2H3,(H,16,17)/t8-/m0/s1. The molecule has 1 atom stereocenters. The van der Waals surface area contributed by atoms with Crippen LogP contribution < -0.4 is 4.90 Å². The summed E-state index contributed by atoms with van der Waals surface area (Å²) in [7, 11) is 0. The minimum Gasteiger partial charge on any atom is -0.480 e. The Morgan fingerprint density at radius 3 is 2.59 bits per heavy atom. The van der Waals surface area contributed by atoms with Crippen molar-refractivity contribution in [2.45, 2.75) is 26.3 Å². The van der Waals surface area contributed by atoms with E-state index in [0.717, 1.165) is 6.42 Å². The van der Waals surface area contributed by atoms with Gasteiger partial charge in [-0.25, -0.2) is 4.79 Å². The second-order valence-corrected chi connectivity index (χ2v) is 4.65. The highest BCUT2D eigenvalue weighted by molar-refractivity contribution is 6.36. The molecule has 0 saturated heterocycles. The number of rotatable bonds is 5. The van der Waals surface area contributed by atoms with E-state index in [4.69, 9.17) is 28.3 Å². The first-order valence-corrected chi connectivity index (χ1v) is 6.17. The van der Waals surface area contributed by atoms with Crippen molar-refractivity contribution in [3.05, 3.63) is 28.2 Å². The molecule has 17 heavy (non-hydrogen) atoms. The third-order valence-electron chi connectivity index (χ3n) is 2.51. The van der Waals surface area contributed by atoms with Gasteiger partial charge in [-0.05, 0) is 31.5 Å². The van der Waals surface area contributed by atoms with Crippen molar-refractivity contribution in [3.63, 3.8) is 0 Å². The van der Waals surface area contributed by atoms with Crippen molar-refractivity contribution in [3.8, 4) is 0 Å². The van der Waals surface area contributed by atoms with Crippen LogP contribution in [0.1, 0.15) is 20.3 Å². The minimum atomic E-state index is -0.871. The van der Waals surface area contributed by atoms with Gasteiger partial charge in [-0.3, -0.25) is 0 Å². The lowest BCUT2D eigenvalue weighted by Crippen LogP contribution is -2.39. The van der Waals surface area contributed by atoms with Gasteiger partial charge in [-0.15, -0.1) is 0 Å². The number of hydrogen-bond acceptors (Lipinski definition) is 2. The lowest BCUT2D eigenvalue weighted by molar-refractivity contribution is -0.138. The minimum absolute atomic E-state index is 0.471. The third-order valence-corrected chi connectivity index (χ3v) is 3.05. The maximum absolute atomic E-state index is 11.1. The monoisotopic (exact) mass is 275 g/mol. The first-order valence-electron chi connectivity index (χ1n) is 5.41. The van der Waals surface area contributed by atoms with E-state index in [-0.39, 0.29) is 0 Å². The Labute approximate surface area is 111 Å². The number of hydrogen-bond donors (Lipinski definition) is 1. The molecule has 0 spiro atoms. The maximum atomic E-state index is 11.1. The molecule has 5 heteroatoms. The van der Waals surface area contributed by atoms with Gasteiger partial charge in [-0.1, -0.05) is 30.1 Å². The Morgan fingerprint density at radius 2 is 2.12 bits per heavy atom. The summed E-state index contributed by atoms with van der Waals surface area (Å²) in [5.74, 6) is -0.871. The summed E-state index contributed by atoms with van der Waals surface area (Å²) in [6.45, 7) is 4.27. The Morgan fingerprint density at radius 1 is 1.47 bits per heavy atom. The maximum Gasteiger partial charge on any atom is 0.326 e. The molecule has 0 fully saturated rings. The molecule has 0 heterocycles. The summed E-state index contributed by atoms with van der Waals surface area (Å²) in [5, 5.41) is 10.1. The molecule has 1 N–H and O–H groups in total. The van der Waals surface area contributed by atoms with Gasteiger partial charge in [0.1, 0.15) is 6.04 Å². The molecule has 1 rings (SSSR count). The molecule has 0 bridgehead atoms. The van der Waals surface area contributed by atoms with Gasteiger partial charge in [-0.2, -0.15) is 0 Å². The number of carboxylic acids is 1. The van der Waals surface area contributed by atoms with Crippen molar-refractivity contribution < 1.29 is 9.90 Å². The fraction of sp³-hybridized carbons (Fsp3) is 0.417. The highest BCUT2D eigenvalue weighted by Gasteiger charge is 2.22. The molecule has 0 aliphatic heterocycles. The molecule has 1 aromatic carbocycles. The van der Waals surface area contributed by atoms with Crippen LogP contribution in [-0.2, 0) is 4.79 Å². The predicted molar refractivity (Wildman–Crippen MR) is 71.2 cm³/mol. The van der Waals surface area contributed by atoms with E-state index in [1.54, 1.807) is 30.0 Å². The van der Waals surface area contributed by atoms with Gasteiger partial charge < -0.3 is 10.0 Å². The molecule has 3 nitrogen and oxygen atoms in total. The summed E-state index contributed by atoms with van der Waals surface area (Å²) in [4.78, 5) is 12.8. The van der Waals surface area contributed by atoms with Crippen LogP contribution in [0, 0.1) is 0 Å². The zero-order chi connectivity index (χ0) is 13.0. The van der Waals surface area contributed by atoms with E-state index >= 15 is 0 Å². The summed E-state index contributed by atoms with van der Waals surface area (Å²) < 4.78 is 0. The number of anilines is 1.